The van der Waals surface area contributed by atoms with Crippen LogP contribution in [0.25, 0.3) is 11.1 Å². The topological polar surface area (TPSA) is 55.4 Å². The molecular weight excluding hydrogens is 430 g/mol. The van der Waals surface area contributed by atoms with Crippen LogP contribution >= 0.6 is 11.8 Å². The molecule has 0 unspecified atom stereocenters. The van der Waals surface area contributed by atoms with E-state index >= 15 is 0 Å². The van der Waals surface area contributed by atoms with Gasteiger partial charge >= 0.3 is 0 Å². The number of amides is 1. The van der Waals surface area contributed by atoms with Gasteiger partial charge in [-0.25, -0.2) is 0 Å². The maximum atomic E-state index is 12.6. The van der Waals surface area contributed by atoms with Gasteiger partial charge in [-0.1, -0.05) is 54.6 Å². The molecule has 0 aliphatic carbocycles. The molecule has 4 nitrogen and oxygen atoms in total. The Labute approximate surface area is 197 Å². The van der Waals surface area contributed by atoms with Crippen LogP contribution in [0.1, 0.15) is 20.7 Å². The van der Waals surface area contributed by atoms with E-state index in [1.54, 1.807) is 31.4 Å². The molecular formula is C28H23NO3S. The van der Waals surface area contributed by atoms with E-state index in [0.717, 1.165) is 16.0 Å². The zero-order valence-corrected chi connectivity index (χ0v) is 19.0. The van der Waals surface area contributed by atoms with Gasteiger partial charge in [0, 0.05) is 21.7 Å². The third-order valence-corrected chi connectivity index (χ3v) is 6.16. The number of ketones is 1. The van der Waals surface area contributed by atoms with Crippen LogP contribution in [0.15, 0.2) is 108 Å². The summed E-state index contributed by atoms with van der Waals surface area (Å²) < 4.78 is 5.11. The average Bonchev–Trinajstić information content (AvgIpc) is 2.88. The van der Waals surface area contributed by atoms with Crippen molar-refractivity contribution in [2.45, 2.75) is 4.90 Å². The van der Waals surface area contributed by atoms with Crippen molar-refractivity contribution in [1.82, 2.24) is 0 Å². The Morgan fingerprint density at radius 1 is 0.727 bits per heavy atom. The highest BCUT2D eigenvalue weighted by Gasteiger charge is 2.09. The number of carbonyl (C=O) groups is 2. The maximum absolute atomic E-state index is 12.6. The minimum Gasteiger partial charge on any atom is -0.497 e. The van der Waals surface area contributed by atoms with E-state index in [4.69, 9.17) is 4.74 Å². The number of benzene rings is 4. The van der Waals surface area contributed by atoms with Crippen LogP contribution in [0.4, 0.5) is 5.69 Å². The number of hydrogen-bond acceptors (Lipinski definition) is 4. The van der Waals surface area contributed by atoms with E-state index in [9.17, 15) is 9.59 Å². The van der Waals surface area contributed by atoms with Gasteiger partial charge in [-0.2, -0.15) is 0 Å². The number of carbonyl (C=O) groups excluding carboxylic acids is 2. The summed E-state index contributed by atoms with van der Waals surface area (Å²) in [6.07, 6.45) is 0. The first-order chi connectivity index (χ1) is 16.1. The van der Waals surface area contributed by atoms with Crippen molar-refractivity contribution >= 4 is 29.1 Å². The van der Waals surface area contributed by atoms with Crippen LogP contribution in [-0.4, -0.2) is 24.6 Å². The van der Waals surface area contributed by atoms with Crippen molar-refractivity contribution in [1.29, 1.82) is 0 Å². The summed E-state index contributed by atoms with van der Waals surface area (Å²) >= 11 is 1.48. The average molecular weight is 454 g/mol. The Hall–Kier alpha value is -3.83. The second-order valence-corrected chi connectivity index (χ2v) is 8.41. The summed E-state index contributed by atoms with van der Waals surface area (Å²) in [5, 5.41) is 2.88. The highest BCUT2D eigenvalue weighted by Crippen LogP contribution is 2.24. The van der Waals surface area contributed by atoms with E-state index in [1.807, 2.05) is 66.7 Å². The van der Waals surface area contributed by atoms with Crippen LogP contribution in [0, 0.1) is 0 Å². The van der Waals surface area contributed by atoms with Crippen molar-refractivity contribution in [2.24, 2.45) is 0 Å². The number of ether oxygens (including phenoxy) is 1. The van der Waals surface area contributed by atoms with Crippen LogP contribution in [0.5, 0.6) is 5.75 Å². The van der Waals surface area contributed by atoms with Gasteiger partial charge in [-0.05, 0) is 59.7 Å². The molecule has 164 valence electrons. The molecule has 0 aromatic heterocycles. The van der Waals surface area contributed by atoms with Crippen molar-refractivity contribution in [3.8, 4) is 16.9 Å². The summed E-state index contributed by atoms with van der Waals surface area (Å²) in [4.78, 5) is 25.9. The normalized spacial score (nSPS) is 10.5. The molecule has 0 bridgehead atoms. The van der Waals surface area contributed by atoms with E-state index in [2.05, 4.69) is 17.4 Å². The maximum Gasteiger partial charge on any atom is 0.255 e. The minimum absolute atomic E-state index is 0.0801. The van der Waals surface area contributed by atoms with E-state index in [1.165, 1.54) is 11.8 Å². The number of rotatable bonds is 8. The summed E-state index contributed by atoms with van der Waals surface area (Å²) in [7, 11) is 1.59. The van der Waals surface area contributed by atoms with Crippen LogP contribution in [-0.2, 0) is 0 Å². The molecule has 1 amide bonds. The molecule has 33 heavy (non-hydrogen) atoms. The van der Waals surface area contributed by atoms with E-state index in [0.29, 0.717) is 28.3 Å². The molecule has 1 N–H and O–H groups in total. The molecule has 5 heteroatoms. The molecule has 4 aromatic carbocycles. The standard InChI is InChI=1S/C28H23NO3S/c1-32-25-15-11-23(12-16-25)28(31)29-24-13-17-26(18-14-24)33-19-27(30)22-9-7-21(8-10-22)20-5-3-2-4-6-20/h2-18H,19H2,1H3,(H,29,31). The number of thioether (sulfide) groups is 1. The lowest BCUT2D eigenvalue weighted by atomic mass is 10.0. The molecule has 4 rings (SSSR count). The fraction of sp³-hybridized carbons (Fsp3) is 0.0714. The van der Waals surface area contributed by atoms with Gasteiger partial charge in [-0.15, -0.1) is 11.8 Å². The van der Waals surface area contributed by atoms with Crippen molar-refractivity contribution in [3.63, 3.8) is 0 Å². The Bertz CT molecular complexity index is 1220. The first kappa shape index (κ1) is 22.4. The number of Topliss-reactive ketones (excluding diaryl/α,β-unsaturated/α-hetero) is 1. The lowest BCUT2D eigenvalue weighted by Crippen LogP contribution is -2.11. The van der Waals surface area contributed by atoms with Gasteiger partial charge in [0.05, 0.1) is 12.9 Å². The third kappa shape index (κ3) is 5.90. The van der Waals surface area contributed by atoms with Crippen molar-refractivity contribution < 1.29 is 14.3 Å². The molecule has 0 radical (unpaired) electrons. The quantitative estimate of drug-likeness (QED) is 0.242. The largest absolute Gasteiger partial charge is 0.497 e. The lowest BCUT2D eigenvalue weighted by Gasteiger charge is -2.08. The highest BCUT2D eigenvalue weighted by molar-refractivity contribution is 8.00. The van der Waals surface area contributed by atoms with Gasteiger partial charge in [-0.3, -0.25) is 9.59 Å². The molecule has 0 aliphatic rings. The monoisotopic (exact) mass is 453 g/mol. The Morgan fingerprint density at radius 3 is 1.97 bits per heavy atom. The van der Waals surface area contributed by atoms with Gasteiger partial charge in [0.2, 0.25) is 0 Å². The van der Waals surface area contributed by atoms with Crippen molar-refractivity contribution in [3.05, 3.63) is 114 Å². The van der Waals surface area contributed by atoms with Crippen LogP contribution in [0.3, 0.4) is 0 Å². The van der Waals surface area contributed by atoms with Gasteiger partial charge < -0.3 is 10.1 Å². The second-order valence-electron chi connectivity index (χ2n) is 7.36. The molecule has 0 aliphatic heterocycles. The second kappa shape index (κ2) is 10.7. The Kier molecular flexibility index (Phi) is 7.22. The highest BCUT2D eigenvalue weighted by atomic mass is 32.2. The van der Waals surface area contributed by atoms with Gasteiger partial charge in [0.1, 0.15) is 5.75 Å². The number of anilines is 1. The fourth-order valence-corrected chi connectivity index (χ4v) is 4.08. The third-order valence-electron chi connectivity index (χ3n) is 5.15. The first-order valence-electron chi connectivity index (χ1n) is 10.5. The molecule has 0 spiro atoms. The van der Waals surface area contributed by atoms with Crippen LogP contribution < -0.4 is 10.1 Å². The molecule has 0 heterocycles. The van der Waals surface area contributed by atoms with Crippen LogP contribution in [0.2, 0.25) is 0 Å². The van der Waals surface area contributed by atoms with E-state index < -0.39 is 0 Å². The summed E-state index contributed by atoms with van der Waals surface area (Å²) in [5.74, 6) is 0.945. The Morgan fingerprint density at radius 2 is 1.33 bits per heavy atom. The zero-order chi connectivity index (χ0) is 23.0. The molecule has 0 saturated carbocycles. The predicted octanol–water partition coefficient (Wildman–Crippen LogP) is 6.59. The summed E-state index contributed by atoms with van der Waals surface area (Å²) in [5.41, 5.74) is 4.17. The SMILES string of the molecule is COc1ccc(C(=O)Nc2ccc(SCC(=O)c3ccc(-c4ccccc4)cc3)cc2)cc1. The van der Waals surface area contributed by atoms with Gasteiger partial charge in [0.15, 0.2) is 5.78 Å². The predicted molar refractivity (Wildman–Crippen MR) is 134 cm³/mol. The molecule has 0 atom stereocenters. The number of nitrogens with one attached hydrogen (secondary N) is 1. The summed E-state index contributed by atoms with van der Waals surface area (Å²) in [6.45, 7) is 0. The fourth-order valence-electron chi connectivity index (χ4n) is 3.29. The zero-order valence-electron chi connectivity index (χ0n) is 18.2. The minimum atomic E-state index is -0.188. The molecule has 4 aromatic rings. The number of hydrogen-bond donors (Lipinski definition) is 1. The van der Waals surface area contributed by atoms with Gasteiger partial charge in [0.25, 0.3) is 5.91 Å². The first-order valence-corrected chi connectivity index (χ1v) is 11.5. The lowest BCUT2D eigenvalue weighted by molar-refractivity contribution is 0.101. The number of methoxy groups -OCH3 is 1. The molecule has 0 fully saturated rings. The van der Waals surface area contributed by atoms with Crippen molar-refractivity contribution in [2.75, 3.05) is 18.2 Å². The van der Waals surface area contributed by atoms with E-state index in [-0.39, 0.29) is 11.7 Å². The Balaban J connectivity index is 1.30. The molecule has 0 saturated heterocycles. The summed E-state index contributed by atoms with van der Waals surface area (Å²) in [6, 6.07) is 32.2. The smallest absolute Gasteiger partial charge is 0.255 e.